The number of aliphatic hydroxyl groups is 2. The van der Waals surface area contributed by atoms with E-state index in [1.165, 1.54) is 19.3 Å². The normalized spacial score (nSPS) is 38.2. The molecule has 3 nitrogen and oxygen atoms in total. The lowest BCUT2D eigenvalue weighted by atomic mass is 10.0. The molecular weight excluding hydrogens is 190 g/mol. The third-order valence-electron chi connectivity index (χ3n) is 4.06. The van der Waals surface area contributed by atoms with Crippen molar-refractivity contribution in [1.29, 1.82) is 0 Å². The van der Waals surface area contributed by atoms with E-state index in [-0.39, 0.29) is 6.10 Å². The van der Waals surface area contributed by atoms with Crippen molar-refractivity contribution in [3.63, 3.8) is 0 Å². The lowest BCUT2D eigenvalue weighted by Gasteiger charge is -2.29. The molecule has 0 saturated carbocycles. The van der Waals surface area contributed by atoms with Gasteiger partial charge in [-0.05, 0) is 45.4 Å². The first-order valence-electron chi connectivity index (χ1n) is 6.28. The first-order valence-corrected chi connectivity index (χ1v) is 6.28. The van der Waals surface area contributed by atoms with E-state index in [1.54, 1.807) is 0 Å². The Labute approximate surface area is 92.1 Å². The summed E-state index contributed by atoms with van der Waals surface area (Å²) in [6, 6.07) is 1.74. The molecule has 2 unspecified atom stereocenters. The van der Waals surface area contributed by atoms with Gasteiger partial charge in [0.05, 0.1) is 12.7 Å². The molecule has 3 heteroatoms. The van der Waals surface area contributed by atoms with Gasteiger partial charge in [0.15, 0.2) is 0 Å². The van der Waals surface area contributed by atoms with E-state index >= 15 is 0 Å². The highest BCUT2D eigenvalue weighted by Crippen LogP contribution is 2.38. The Morgan fingerprint density at radius 1 is 1.20 bits per heavy atom. The predicted octanol–water partition coefficient (Wildman–Crippen LogP) is 1.14. The fourth-order valence-electron chi connectivity index (χ4n) is 3.32. The summed E-state index contributed by atoms with van der Waals surface area (Å²) in [6.07, 6.45) is 6.77. The Hall–Kier alpha value is -0.120. The second kappa shape index (κ2) is 4.81. The highest BCUT2D eigenvalue weighted by Gasteiger charge is 2.41. The van der Waals surface area contributed by atoms with Crippen molar-refractivity contribution in [2.45, 2.75) is 69.7 Å². The average Bonchev–Trinajstić information content (AvgIpc) is 2.75. The SMILES string of the molecule is CC(O)CC[C@@H]1CCC2CC[C@H](CO)N21. The molecule has 0 aromatic heterocycles. The predicted molar refractivity (Wildman–Crippen MR) is 59.7 cm³/mol. The van der Waals surface area contributed by atoms with Crippen molar-refractivity contribution in [3.05, 3.63) is 0 Å². The molecule has 2 heterocycles. The summed E-state index contributed by atoms with van der Waals surface area (Å²) in [5.41, 5.74) is 0. The minimum Gasteiger partial charge on any atom is -0.395 e. The molecule has 0 aliphatic carbocycles. The van der Waals surface area contributed by atoms with Crippen molar-refractivity contribution in [2.75, 3.05) is 6.61 Å². The van der Waals surface area contributed by atoms with Crippen molar-refractivity contribution in [2.24, 2.45) is 0 Å². The van der Waals surface area contributed by atoms with Crippen LogP contribution in [0.25, 0.3) is 0 Å². The van der Waals surface area contributed by atoms with Gasteiger partial charge in [-0.25, -0.2) is 0 Å². The van der Waals surface area contributed by atoms with Gasteiger partial charge < -0.3 is 10.2 Å². The summed E-state index contributed by atoms with van der Waals surface area (Å²) in [5.74, 6) is 0. The van der Waals surface area contributed by atoms with Crippen LogP contribution in [0.3, 0.4) is 0 Å². The molecule has 0 aromatic rings. The van der Waals surface area contributed by atoms with Crippen LogP contribution in [0.2, 0.25) is 0 Å². The molecule has 0 spiro atoms. The Kier molecular flexibility index (Phi) is 3.65. The van der Waals surface area contributed by atoms with Gasteiger partial charge in [-0.1, -0.05) is 0 Å². The van der Waals surface area contributed by atoms with Crippen LogP contribution in [0.1, 0.15) is 45.4 Å². The van der Waals surface area contributed by atoms with E-state index in [9.17, 15) is 10.2 Å². The van der Waals surface area contributed by atoms with Gasteiger partial charge in [0.25, 0.3) is 0 Å². The molecule has 4 atom stereocenters. The van der Waals surface area contributed by atoms with Crippen LogP contribution in [0.15, 0.2) is 0 Å². The summed E-state index contributed by atoms with van der Waals surface area (Å²) in [6.45, 7) is 2.17. The summed E-state index contributed by atoms with van der Waals surface area (Å²) in [4.78, 5) is 2.53. The maximum atomic E-state index is 9.32. The van der Waals surface area contributed by atoms with Crippen molar-refractivity contribution in [3.8, 4) is 0 Å². The monoisotopic (exact) mass is 213 g/mol. The highest BCUT2D eigenvalue weighted by molar-refractivity contribution is 4.97. The quantitative estimate of drug-likeness (QED) is 0.736. The van der Waals surface area contributed by atoms with E-state index in [1.807, 2.05) is 6.92 Å². The van der Waals surface area contributed by atoms with E-state index < -0.39 is 0 Å². The van der Waals surface area contributed by atoms with Crippen LogP contribution in [-0.4, -0.2) is 45.9 Å². The van der Waals surface area contributed by atoms with E-state index in [2.05, 4.69) is 4.90 Å². The molecule has 0 radical (unpaired) electrons. The highest BCUT2D eigenvalue weighted by atomic mass is 16.3. The summed E-state index contributed by atoms with van der Waals surface area (Å²) in [5, 5.41) is 18.6. The van der Waals surface area contributed by atoms with Gasteiger partial charge in [0.1, 0.15) is 0 Å². The number of rotatable bonds is 4. The maximum absolute atomic E-state index is 9.32. The van der Waals surface area contributed by atoms with Crippen LogP contribution in [-0.2, 0) is 0 Å². The Morgan fingerprint density at radius 3 is 2.47 bits per heavy atom. The first kappa shape index (κ1) is 11.4. The van der Waals surface area contributed by atoms with Crippen LogP contribution in [0.4, 0.5) is 0 Å². The van der Waals surface area contributed by atoms with E-state index in [4.69, 9.17) is 0 Å². The molecule has 2 aliphatic heterocycles. The topological polar surface area (TPSA) is 43.7 Å². The minimum absolute atomic E-state index is 0.181. The number of fused-ring (bicyclic) bond motifs is 1. The fourth-order valence-corrected chi connectivity index (χ4v) is 3.32. The second-order valence-corrected chi connectivity index (χ2v) is 5.17. The summed E-state index contributed by atoms with van der Waals surface area (Å²) in [7, 11) is 0. The maximum Gasteiger partial charge on any atom is 0.0587 e. The largest absolute Gasteiger partial charge is 0.395 e. The van der Waals surface area contributed by atoms with E-state index in [0.29, 0.717) is 18.7 Å². The van der Waals surface area contributed by atoms with Gasteiger partial charge in [-0.2, -0.15) is 0 Å². The Morgan fingerprint density at radius 2 is 1.87 bits per heavy atom. The van der Waals surface area contributed by atoms with Crippen LogP contribution in [0.5, 0.6) is 0 Å². The molecule has 2 saturated heterocycles. The number of nitrogens with zero attached hydrogens (tertiary/aromatic N) is 1. The molecular formula is C12H23NO2. The van der Waals surface area contributed by atoms with Gasteiger partial charge in [0.2, 0.25) is 0 Å². The van der Waals surface area contributed by atoms with Gasteiger partial charge in [-0.3, -0.25) is 4.90 Å². The van der Waals surface area contributed by atoms with Gasteiger partial charge in [-0.15, -0.1) is 0 Å². The van der Waals surface area contributed by atoms with Crippen LogP contribution < -0.4 is 0 Å². The molecule has 2 rings (SSSR count). The van der Waals surface area contributed by atoms with Crippen molar-refractivity contribution in [1.82, 2.24) is 4.90 Å². The molecule has 2 N–H and O–H groups in total. The zero-order valence-corrected chi connectivity index (χ0v) is 9.60. The zero-order chi connectivity index (χ0) is 10.8. The average molecular weight is 213 g/mol. The zero-order valence-electron chi connectivity index (χ0n) is 9.60. The molecule has 0 aromatic carbocycles. The Balaban J connectivity index is 1.89. The lowest BCUT2D eigenvalue weighted by molar-refractivity contribution is 0.103. The standard InChI is InChI=1S/C12H23NO2/c1-9(15)2-3-10-4-5-11-6-7-12(8-14)13(10)11/h9-12,14-15H,2-8H2,1H3/t9?,10-,11?,12-/m1/s1. The van der Waals surface area contributed by atoms with Gasteiger partial charge in [0, 0.05) is 18.1 Å². The van der Waals surface area contributed by atoms with Gasteiger partial charge >= 0.3 is 0 Å². The van der Waals surface area contributed by atoms with E-state index in [0.717, 1.165) is 25.3 Å². The molecule has 2 fully saturated rings. The molecule has 0 bridgehead atoms. The molecule has 0 amide bonds. The molecule has 2 aliphatic rings. The number of aliphatic hydroxyl groups excluding tert-OH is 2. The summed E-state index contributed by atoms with van der Waals surface area (Å²) < 4.78 is 0. The van der Waals surface area contributed by atoms with Crippen LogP contribution in [0, 0.1) is 0 Å². The van der Waals surface area contributed by atoms with Crippen LogP contribution >= 0.6 is 0 Å². The molecule has 15 heavy (non-hydrogen) atoms. The third kappa shape index (κ3) is 2.35. The van der Waals surface area contributed by atoms with Crippen molar-refractivity contribution >= 4 is 0 Å². The number of hydrogen-bond acceptors (Lipinski definition) is 3. The minimum atomic E-state index is -0.181. The summed E-state index contributed by atoms with van der Waals surface area (Å²) >= 11 is 0. The Bertz CT molecular complexity index is 208. The third-order valence-corrected chi connectivity index (χ3v) is 4.06. The lowest BCUT2D eigenvalue weighted by Crippen LogP contribution is -2.40. The fraction of sp³-hybridized carbons (Fsp3) is 1.00. The molecule has 88 valence electrons. The number of hydrogen-bond donors (Lipinski definition) is 2. The second-order valence-electron chi connectivity index (χ2n) is 5.17. The smallest absolute Gasteiger partial charge is 0.0587 e. The first-order chi connectivity index (χ1) is 7.22. The van der Waals surface area contributed by atoms with Crippen molar-refractivity contribution < 1.29 is 10.2 Å².